The number of nitrogens with one attached hydrogen (secondary N) is 1. The molecule has 6 heteroatoms. The van der Waals surface area contributed by atoms with Crippen molar-refractivity contribution in [3.63, 3.8) is 0 Å². The molecule has 0 atom stereocenters. The van der Waals surface area contributed by atoms with Gasteiger partial charge in [0.25, 0.3) is 0 Å². The van der Waals surface area contributed by atoms with Crippen molar-refractivity contribution >= 4 is 22.4 Å². The highest BCUT2D eigenvalue weighted by molar-refractivity contribution is 5.96. The van der Waals surface area contributed by atoms with Gasteiger partial charge in [-0.25, -0.2) is 4.98 Å². The summed E-state index contributed by atoms with van der Waals surface area (Å²) in [7, 11) is 6.97. The summed E-state index contributed by atoms with van der Waals surface area (Å²) in [6, 6.07) is 17.9. The fourth-order valence-corrected chi connectivity index (χ4v) is 3.47. The Morgan fingerprint density at radius 3 is 2.45 bits per heavy atom. The SMILES string of the molecule is COc1cccc(-c2cc3c(Nc4ccc(OC)c(OC)c4)nccc3n2C)c1. The third-order valence-corrected chi connectivity index (χ3v) is 4.98. The predicted octanol–water partition coefficient (Wildman–Crippen LogP) is 5.01. The van der Waals surface area contributed by atoms with Gasteiger partial charge in [0.05, 0.1) is 26.8 Å². The van der Waals surface area contributed by atoms with Crippen LogP contribution in [0.25, 0.3) is 22.2 Å². The lowest BCUT2D eigenvalue weighted by Gasteiger charge is -2.11. The van der Waals surface area contributed by atoms with Crippen molar-refractivity contribution in [1.82, 2.24) is 9.55 Å². The number of rotatable bonds is 6. The molecule has 0 aliphatic heterocycles. The average molecular weight is 389 g/mol. The Morgan fingerprint density at radius 2 is 1.69 bits per heavy atom. The standard InChI is InChI=1S/C23H23N3O3/c1-26-19-10-11-24-23(25-16-8-9-21(28-3)22(13-16)29-4)18(19)14-20(26)15-6-5-7-17(12-15)27-2/h5-14H,1-4H3,(H,24,25). The van der Waals surface area contributed by atoms with Crippen molar-refractivity contribution in [2.45, 2.75) is 0 Å². The van der Waals surface area contributed by atoms with E-state index in [2.05, 4.69) is 34.0 Å². The predicted molar refractivity (Wildman–Crippen MR) is 116 cm³/mol. The van der Waals surface area contributed by atoms with Crippen molar-refractivity contribution in [2.24, 2.45) is 7.05 Å². The number of nitrogens with zero attached hydrogens (tertiary/aromatic N) is 2. The molecule has 2 aromatic carbocycles. The fourth-order valence-electron chi connectivity index (χ4n) is 3.47. The van der Waals surface area contributed by atoms with Crippen LogP contribution in [-0.2, 0) is 7.05 Å². The molecule has 0 saturated heterocycles. The smallest absolute Gasteiger partial charge is 0.162 e. The zero-order chi connectivity index (χ0) is 20.4. The summed E-state index contributed by atoms with van der Waals surface area (Å²) in [5, 5.41) is 4.43. The molecule has 29 heavy (non-hydrogen) atoms. The number of fused-ring (bicyclic) bond motifs is 1. The molecule has 2 aromatic heterocycles. The van der Waals surface area contributed by atoms with Crippen molar-refractivity contribution in [3.05, 3.63) is 60.8 Å². The van der Waals surface area contributed by atoms with Crippen molar-refractivity contribution < 1.29 is 14.2 Å². The van der Waals surface area contributed by atoms with E-state index in [1.54, 1.807) is 27.5 Å². The maximum atomic E-state index is 5.40. The van der Waals surface area contributed by atoms with Gasteiger partial charge in [-0.3, -0.25) is 0 Å². The van der Waals surface area contributed by atoms with Gasteiger partial charge in [-0.05, 0) is 36.4 Å². The molecule has 6 nitrogen and oxygen atoms in total. The number of hydrogen-bond donors (Lipinski definition) is 1. The maximum Gasteiger partial charge on any atom is 0.162 e. The molecule has 0 unspecified atom stereocenters. The zero-order valence-corrected chi connectivity index (χ0v) is 16.9. The van der Waals surface area contributed by atoms with Crippen LogP contribution < -0.4 is 19.5 Å². The summed E-state index contributed by atoms with van der Waals surface area (Å²) in [5.41, 5.74) is 4.12. The first-order valence-corrected chi connectivity index (χ1v) is 9.22. The molecule has 4 aromatic rings. The van der Waals surface area contributed by atoms with E-state index in [9.17, 15) is 0 Å². The second-order valence-corrected chi connectivity index (χ2v) is 6.61. The first-order valence-electron chi connectivity index (χ1n) is 9.22. The molecule has 4 rings (SSSR count). The van der Waals surface area contributed by atoms with E-state index < -0.39 is 0 Å². The summed E-state index contributed by atoms with van der Waals surface area (Å²) in [4.78, 5) is 4.56. The van der Waals surface area contributed by atoms with Crippen LogP contribution >= 0.6 is 0 Å². The summed E-state index contributed by atoms with van der Waals surface area (Å²) in [6.07, 6.45) is 1.81. The second kappa shape index (κ2) is 7.75. The third-order valence-electron chi connectivity index (χ3n) is 4.98. The molecule has 0 aliphatic carbocycles. The van der Waals surface area contributed by atoms with Crippen LogP contribution in [0.4, 0.5) is 11.5 Å². The molecule has 0 saturated carbocycles. The average Bonchev–Trinajstić information content (AvgIpc) is 3.11. The van der Waals surface area contributed by atoms with Gasteiger partial charge in [0.2, 0.25) is 0 Å². The quantitative estimate of drug-likeness (QED) is 0.502. The second-order valence-electron chi connectivity index (χ2n) is 6.61. The number of ether oxygens (including phenoxy) is 3. The lowest BCUT2D eigenvalue weighted by Crippen LogP contribution is -1.97. The van der Waals surface area contributed by atoms with E-state index in [1.807, 2.05) is 42.5 Å². The number of methoxy groups -OCH3 is 3. The number of aryl methyl sites for hydroxylation is 1. The topological polar surface area (TPSA) is 57.5 Å². The largest absolute Gasteiger partial charge is 0.497 e. The van der Waals surface area contributed by atoms with E-state index in [1.165, 1.54) is 0 Å². The normalized spacial score (nSPS) is 10.8. The Morgan fingerprint density at radius 1 is 0.862 bits per heavy atom. The van der Waals surface area contributed by atoms with Crippen LogP contribution in [0, 0.1) is 0 Å². The van der Waals surface area contributed by atoms with Crippen LogP contribution in [-0.4, -0.2) is 30.9 Å². The molecular formula is C23H23N3O3. The van der Waals surface area contributed by atoms with Crippen molar-refractivity contribution in [3.8, 4) is 28.5 Å². The van der Waals surface area contributed by atoms with E-state index in [4.69, 9.17) is 14.2 Å². The van der Waals surface area contributed by atoms with E-state index >= 15 is 0 Å². The Balaban J connectivity index is 1.77. The summed E-state index contributed by atoms with van der Waals surface area (Å²) >= 11 is 0. The van der Waals surface area contributed by atoms with Gasteiger partial charge in [-0.15, -0.1) is 0 Å². The van der Waals surface area contributed by atoms with E-state index in [0.717, 1.165) is 39.4 Å². The van der Waals surface area contributed by atoms with Crippen molar-refractivity contribution in [2.75, 3.05) is 26.6 Å². The summed E-state index contributed by atoms with van der Waals surface area (Å²) < 4.78 is 18.3. The molecule has 0 fully saturated rings. The lowest BCUT2D eigenvalue weighted by atomic mass is 10.1. The molecular weight excluding hydrogens is 366 g/mol. The van der Waals surface area contributed by atoms with E-state index in [-0.39, 0.29) is 0 Å². The monoisotopic (exact) mass is 389 g/mol. The highest BCUT2D eigenvalue weighted by Gasteiger charge is 2.13. The zero-order valence-electron chi connectivity index (χ0n) is 16.9. The highest BCUT2D eigenvalue weighted by Crippen LogP contribution is 2.35. The van der Waals surface area contributed by atoms with Crippen LogP contribution in [0.5, 0.6) is 17.2 Å². The third kappa shape index (κ3) is 3.45. The van der Waals surface area contributed by atoms with Crippen LogP contribution in [0.3, 0.4) is 0 Å². The van der Waals surface area contributed by atoms with Gasteiger partial charge in [0.1, 0.15) is 11.6 Å². The van der Waals surface area contributed by atoms with Crippen LogP contribution in [0.15, 0.2) is 60.8 Å². The van der Waals surface area contributed by atoms with Gasteiger partial charge < -0.3 is 24.1 Å². The molecule has 2 heterocycles. The van der Waals surface area contributed by atoms with Gasteiger partial charge in [0, 0.05) is 41.6 Å². The Kier molecular flexibility index (Phi) is 4.99. The Bertz CT molecular complexity index is 1170. The summed E-state index contributed by atoms with van der Waals surface area (Å²) in [6.45, 7) is 0. The van der Waals surface area contributed by atoms with Gasteiger partial charge in [-0.2, -0.15) is 0 Å². The molecule has 0 bridgehead atoms. The number of benzene rings is 2. The molecule has 0 radical (unpaired) electrons. The first-order chi connectivity index (χ1) is 14.1. The van der Waals surface area contributed by atoms with Crippen LogP contribution in [0.2, 0.25) is 0 Å². The Hall–Kier alpha value is -3.67. The summed E-state index contributed by atoms with van der Waals surface area (Å²) in [5.74, 6) is 2.95. The molecule has 0 spiro atoms. The fraction of sp³-hybridized carbons (Fsp3) is 0.174. The first kappa shape index (κ1) is 18.7. The molecule has 1 N–H and O–H groups in total. The van der Waals surface area contributed by atoms with Crippen LogP contribution in [0.1, 0.15) is 0 Å². The molecule has 0 amide bonds. The highest BCUT2D eigenvalue weighted by atomic mass is 16.5. The minimum Gasteiger partial charge on any atom is -0.497 e. The number of hydrogen-bond acceptors (Lipinski definition) is 5. The molecule has 148 valence electrons. The van der Waals surface area contributed by atoms with E-state index in [0.29, 0.717) is 11.5 Å². The molecule has 0 aliphatic rings. The number of aromatic nitrogens is 2. The van der Waals surface area contributed by atoms with Crippen molar-refractivity contribution in [1.29, 1.82) is 0 Å². The van der Waals surface area contributed by atoms with Gasteiger partial charge in [-0.1, -0.05) is 12.1 Å². The maximum absolute atomic E-state index is 5.40. The Labute approximate surface area is 169 Å². The lowest BCUT2D eigenvalue weighted by molar-refractivity contribution is 0.355. The minimum atomic E-state index is 0.662. The number of anilines is 2. The van der Waals surface area contributed by atoms with Gasteiger partial charge in [0.15, 0.2) is 11.5 Å². The number of pyridine rings is 1. The van der Waals surface area contributed by atoms with Gasteiger partial charge >= 0.3 is 0 Å². The minimum absolute atomic E-state index is 0.662.